The zero-order valence-electron chi connectivity index (χ0n) is 9.62. The maximum absolute atomic E-state index is 5.51. The highest BCUT2D eigenvalue weighted by Gasteiger charge is 2.10. The maximum atomic E-state index is 5.51. The van der Waals surface area contributed by atoms with E-state index in [1.165, 1.54) is 32.1 Å². The normalized spacial score (nSPS) is 18.8. The molecule has 0 N–H and O–H groups in total. The first-order valence-electron chi connectivity index (χ1n) is 5.88. The quantitative estimate of drug-likeness (QED) is 0.732. The van der Waals surface area contributed by atoms with Gasteiger partial charge < -0.3 is 4.42 Å². The molecule has 0 spiro atoms. The van der Waals surface area contributed by atoms with Crippen molar-refractivity contribution in [2.75, 3.05) is 0 Å². The first kappa shape index (κ1) is 10.5. The Bertz CT molecular complexity index is 326. The molecule has 1 aromatic rings. The molecular formula is C13H19NO. The van der Waals surface area contributed by atoms with Gasteiger partial charge in [0.1, 0.15) is 5.76 Å². The largest absolute Gasteiger partial charge is 0.442 e. The number of hydrogen-bond acceptors (Lipinski definition) is 2. The van der Waals surface area contributed by atoms with E-state index in [-0.39, 0.29) is 0 Å². The molecule has 0 amide bonds. The number of hydrogen-bond donors (Lipinski definition) is 0. The second kappa shape index (κ2) is 4.65. The van der Waals surface area contributed by atoms with E-state index in [2.05, 4.69) is 11.1 Å². The zero-order chi connectivity index (χ0) is 10.7. The summed E-state index contributed by atoms with van der Waals surface area (Å²) in [5, 5.41) is 0. The second-order valence-electron chi connectivity index (χ2n) is 4.45. The van der Waals surface area contributed by atoms with Crippen molar-refractivity contribution in [3.8, 4) is 0 Å². The van der Waals surface area contributed by atoms with E-state index < -0.39 is 0 Å². The van der Waals surface area contributed by atoms with Gasteiger partial charge in [-0.15, -0.1) is 0 Å². The van der Waals surface area contributed by atoms with E-state index in [1.807, 2.05) is 19.9 Å². The van der Waals surface area contributed by atoms with Crippen molar-refractivity contribution in [2.45, 2.75) is 46.0 Å². The van der Waals surface area contributed by atoms with Gasteiger partial charge in [0.25, 0.3) is 0 Å². The van der Waals surface area contributed by atoms with Crippen molar-refractivity contribution < 1.29 is 4.42 Å². The summed E-state index contributed by atoms with van der Waals surface area (Å²) < 4.78 is 5.51. The Morgan fingerprint density at radius 3 is 2.53 bits per heavy atom. The van der Waals surface area contributed by atoms with Crippen LogP contribution >= 0.6 is 0 Å². The van der Waals surface area contributed by atoms with Gasteiger partial charge in [-0.2, -0.15) is 0 Å². The lowest BCUT2D eigenvalue weighted by Crippen LogP contribution is -2.02. The van der Waals surface area contributed by atoms with E-state index in [4.69, 9.17) is 4.42 Å². The molecule has 0 aliphatic heterocycles. The van der Waals surface area contributed by atoms with E-state index in [1.54, 1.807) is 0 Å². The van der Waals surface area contributed by atoms with Gasteiger partial charge in [-0.05, 0) is 38.7 Å². The van der Waals surface area contributed by atoms with Crippen LogP contribution in [0.4, 0.5) is 0 Å². The van der Waals surface area contributed by atoms with Crippen LogP contribution in [0.2, 0.25) is 0 Å². The zero-order valence-corrected chi connectivity index (χ0v) is 9.62. The summed E-state index contributed by atoms with van der Waals surface area (Å²) in [6.45, 7) is 3.94. The lowest BCUT2D eigenvalue weighted by molar-refractivity contribution is 0.420. The van der Waals surface area contributed by atoms with Crippen molar-refractivity contribution in [3.63, 3.8) is 0 Å². The van der Waals surface area contributed by atoms with Crippen LogP contribution in [-0.2, 0) is 0 Å². The van der Waals surface area contributed by atoms with Crippen LogP contribution in [0.25, 0.3) is 6.08 Å². The van der Waals surface area contributed by atoms with Crippen LogP contribution in [0.15, 0.2) is 10.5 Å². The Balaban J connectivity index is 1.97. The van der Waals surface area contributed by atoms with Crippen molar-refractivity contribution in [1.82, 2.24) is 4.98 Å². The first-order chi connectivity index (χ1) is 7.25. The number of rotatable bonds is 2. The van der Waals surface area contributed by atoms with Crippen LogP contribution in [0.3, 0.4) is 0 Å². The minimum absolute atomic E-state index is 0.742. The third kappa shape index (κ3) is 2.71. The molecule has 0 unspecified atom stereocenters. The van der Waals surface area contributed by atoms with Crippen molar-refractivity contribution in [3.05, 3.63) is 23.4 Å². The number of oxazole rings is 1. The van der Waals surface area contributed by atoms with Gasteiger partial charge in [-0.3, -0.25) is 0 Å². The molecule has 1 aliphatic rings. The van der Waals surface area contributed by atoms with Crippen LogP contribution < -0.4 is 0 Å². The summed E-state index contributed by atoms with van der Waals surface area (Å²) in [6, 6.07) is 0. The molecule has 82 valence electrons. The van der Waals surface area contributed by atoms with Crippen LogP contribution in [0, 0.1) is 19.8 Å². The second-order valence-corrected chi connectivity index (χ2v) is 4.45. The summed E-state index contributed by atoms with van der Waals surface area (Å²) in [7, 11) is 0. The molecule has 1 aliphatic carbocycles. The molecule has 0 bridgehead atoms. The highest BCUT2D eigenvalue weighted by Crippen LogP contribution is 2.25. The third-order valence-electron chi connectivity index (χ3n) is 3.21. The Kier molecular flexibility index (Phi) is 3.24. The average molecular weight is 205 g/mol. The summed E-state index contributed by atoms with van der Waals surface area (Å²) in [5.41, 5.74) is 0.998. The van der Waals surface area contributed by atoms with E-state index in [9.17, 15) is 0 Å². The van der Waals surface area contributed by atoms with E-state index in [0.29, 0.717) is 0 Å². The Hall–Kier alpha value is -1.05. The minimum Gasteiger partial charge on any atom is -0.442 e. The Labute approximate surface area is 91.4 Å². The molecule has 1 fully saturated rings. The molecule has 1 saturated carbocycles. The van der Waals surface area contributed by atoms with Gasteiger partial charge >= 0.3 is 0 Å². The molecule has 2 heteroatoms. The summed E-state index contributed by atoms with van der Waals surface area (Å²) >= 11 is 0. The molecule has 0 atom stereocenters. The lowest BCUT2D eigenvalue weighted by Gasteiger charge is -2.17. The molecule has 2 rings (SSSR count). The smallest absolute Gasteiger partial charge is 0.218 e. The summed E-state index contributed by atoms with van der Waals surface area (Å²) in [4.78, 5) is 4.34. The average Bonchev–Trinajstić information content (AvgIpc) is 2.57. The molecule has 2 nitrogen and oxygen atoms in total. The fraction of sp³-hybridized carbons (Fsp3) is 0.615. The molecule has 0 radical (unpaired) electrons. The maximum Gasteiger partial charge on any atom is 0.218 e. The van der Waals surface area contributed by atoms with Crippen LogP contribution in [0.1, 0.15) is 49.4 Å². The number of allylic oxidation sites excluding steroid dienone is 1. The summed E-state index contributed by atoms with van der Waals surface area (Å²) in [6.07, 6.45) is 11.1. The van der Waals surface area contributed by atoms with Gasteiger partial charge in [0.15, 0.2) is 0 Å². The fourth-order valence-corrected chi connectivity index (χ4v) is 2.11. The highest BCUT2D eigenvalue weighted by atomic mass is 16.4. The molecule has 0 saturated heterocycles. The van der Waals surface area contributed by atoms with E-state index >= 15 is 0 Å². The predicted molar refractivity (Wildman–Crippen MR) is 61.6 cm³/mol. The third-order valence-corrected chi connectivity index (χ3v) is 3.21. The molecule has 1 heterocycles. The van der Waals surface area contributed by atoms with Gasteiger partial charge in [0.2, 0.25) is 5.89 Å². The summed E-state index contributed by atoms with van der Waals surface area (Å²) in [5.74, 6) is 2.43. The van der Waals surface area contributed by atoms with Gasteiger partial charge in [0.05, 0.1) is 5.69 Å². The first-order valence-corrected chi connectivity index (χ1v) is 5.88. The van der Waals surface area contributed by atoms with Crippen molar-refractivity contribution in [1.29, 1.82) is 0 Å². The fourth-order valence-electron chi connectivity index (χ4n) is 2.11. The topological polar surface area (TPSA) is 26.0 Å². The molecule has 1 aromatic heterocycles. The van der Waals surface area contributed by atoms with Gasteiger partial charge in [-0.1, -0.05) is 25.3 Å². The van der Waals surface area contributed by atoms with E-state index in [0.717, 1.165) is 23.3 Å². The minimum atomic E-state index is 0.742. The monoisotopic (exact) mass is 205 g/mol. The van der Waals surface area contributed by atoms with Gasteiger partial charge in [0, 0.05) is 0 Å². The number of aryl methyl sites for hydroxylation is 2. The van der Waals surface area contributed by atoms with Gasteiger partial charge in [-0.25, -0.2) is 4.98 Å². The Morgan fingerprint density at radius 2 is 1.93 bits per heavy atom. The predicted octanol–water partition coefficient (Wildman–Crippen LogP) is 3.88. The van der Waals surface area contributed by atoms with Crippen molar-refractivity contribution in [2.24, 2.45) is 5.92 Å². The Morgan fingerprint density at radius 1 is 1.20 bits per heavy atom. The SMILES string of the molecule is Cc1nc(/C=C/C2CCCCC2)oc1C. The lowest BCUT2D eigenvalue weighted by atomic mass is 9.89. The number of nitrogens with zero attached hydrogens (tertiary/aromatic N) is 1. The van der Waals surface area contributed by atoms with Crippen LogP contribution in [-0.4, -0.2) is 4.98 Å². The molecule has 15 heavy (non-hydrogen) atoms. The number of aromatic nitrogens is 1. The van der Waals surface area contributed by atoms with Crippen LogP contribution in [0.5, 0.6) is 0 Å². The highest BCUT2D eigenvalue weighted by molar-refractivity contribution is 5.39. The molecule has 0 aromatic carbocycles. The molecular weight excluding hydrogens is 186 g/mol. The van der Waals surface area contributed by atoms with Crippen molar-refractivity contribution >= 4 is 6.08 Å². The standard InChI is InChI=1S/C13H19NO/c1-10-11(2)15-13(14-10)9-8-12-6-4-3-5-7-12/h8-9,12H,3-7H2,1-2H3/b9-8+.